The first kappa shape index (κ1) is 38.2. The number of para-hydroxylation sites is 1. The molecule has 0 saturated heterocycles. The number of fused-ring (bicyclic) bond motifs is 3. The maximum absolute atomic E-state index is 5.45. The lowest BCUT2D eigenvalue weighted by Gasteiger charge is -2.39. The van der Waals surface area contributed by atoms with Crippen LogP contribution in [0.1, 0.15) is 0 Å². The Kier molecular flexibility index (Phi) is 10.0. The molecule has 0 amide bonds. The summed E-state index contributed by atoms with van der Waals surface area (Å²) in [6.07, 6.45) is 0. The van der Waals surface area contributed by atoms with Gasteiger partial charge >= 0.3 is 6.85 Å². The van der Waals surface area contributed by atoms with Gasteiger partial charge in [0.05, 0.1) is 11.4 Å². The van der Waals surface area contributed by atoms with Crippen molar-refractivity contribution < 1.29 is 0 Å². The van der Waals surface area contributed by atoms with Crippen LogP contribution in [0.25, 0.3) is 44.8 Å². The second-order valence-corrected chi connectivity index (χ2v) is 20.1. The highest BCUT2D eigenvalue weighted by Crippen LogP contribution is 2.41. The van der Waals surface area contributed by atoms with Crippen molar-refractivity contribution in [1.29, 1.82) is 0 Å². The van der Waals surface area contributed by atoms with Crippen LogP contribution in [-0.2, 0) is 0 Å². The topological polar surface area (TPSA) is 16.1 Å². The molecule has 9 aromatic carbocycles. The molecule has 10 aromatic rings. The fraction of sp³-hybridized carbons (Fsp3) is 0. The Morgan fingerprint density at radius 2 is 0.810 bits per heavy atom. The van der Waals surface area contributed by atoms with Crippen molar-refractivity contribution in [2.45, 2.75) is 0 Å². The van der Waals surface area contributed by atoms with Gasteiger partial charge in [0, 0.05) is 28.1 Å². The molecule has 11 rings (SSSR count). The summed E-state index contributed by atoms with van der Waals surface area (Å²) in [5.74, 6) is 0. The molecule has 0 saturated carbocycles. The van der Waals surface area contributed by atoms with E-state index in [9.17, 15) is 0 Å². The molecule has 2 heterocycles. The standard InChI is InChI=1S/C59H43BN2Si/c1-6-22-44(23-7-1)57-42-47(45-24-21-35-53(41-45)63(50-29-10-3-11-30-50,51-31-12-4-13-32-51)52-33-14-5-15-34-52)43-58(61-57)46-25-20-28-49(40-46)62-59-39-19-17-37-55(59)54-36-16-18-38-56(54)60(62)48-26-8-2-9-27-48/h1-43H. The molecule has 296 valence electrons. The summed E-state index contributed by atoms with van der Waals surface area (Å²) in [5.41, 5.74) is 13.7. The van der Waals surface area contributed by atoms with E-state index in [0.717, 1.165) is 39.3 Å². The van der Waals surface area contributed by atoms with Gasteiger partial charge in [0.1, 0.15) is 0 Å². The summed E-state index contributed by atoms with van der Waals surface area (Å²) in [5, 5.41) is 5.40. The zero-order valence-electron chi connectivity index (χ0n) is 34.8. The van der Waals surface area contributed by atoms with E-state index in [1.54, 1.807) is 0 Å². The van der Waals surface area contributed by atoms with Gasteiger partial charge in [0.25, 0.3) is 0 Å². The molecule has 0 unspecified atom stereocenters. The monoisotopic (exact) mass is 818 g/mol. The maximum atomic E-state index is 5.45. The number of anilines is 2. The second kappa shape index (κ2) is 16.6. The van der Waals surface area contributed by atoms with Gasteiger partial charge in [0.2, 0.25) is 0 Å². The van der Waals surface area contributed by atoms with Crippen molar-refractivity contribution in [2.24, 2.45) is 0 Å². The molecule has 63 heavy (non-hydrogen) atoms. The van der Waals surface area contributed by atoms with E-state index in [-0.39, 0.29) is 6.85 Å². The fourth-order valence-electron chi connectivity index (χ4n) is 9.84. The maximum Gasteiger partial charge on any atom is 0.328 e. The Labute approximate surface area is 371 Å². The average molecular weight is 819 g/mol. The van der Waals surface area contributed by atoms with Crippen LogP contribution in [0.4, 0.5) is 11.4 Å². The molecule has 1 aliphatic heterocycles. The molecule has 0 radical (unpaired) electrons. The minimum Gasteiger partial charge on any atom is -0.376 e. The largest absolute Gasteiger partial charge is 0.376 e. The molecular weight excluding hydrogens is 776 g/mol. The zero-order valence-corrected chi connectivity index (χ0v) is 35.8. The Balaban J connectivity index is 1.09. The summed E-state index contributed by atoms with van der Waals surface area (Å²) < 4.78 is 0. The second-order valence-electron chi connectivity index (χ2n) is 16.3. The Bertz CT molecular complexity index is 3080. The van der Waals surface area contributed by atoms with Crippen LogP contribution in [0.5, 0.6) is 0 Å². The van der Waals surface area contributed by atoms with Crippen molar-refractivity contribution in [3.8, 4) is 44.8 Å². The Hall–Kier alpha value is -7.79. The van der Waals surface area contributed by atoms with Crippen LogP contribution in [0.2, 0.25) is 0 Å². The summed E-state index contributed by atoms with van der Waals surface area (Å²) in [4.78, 5) is 7.96. The molecular formula is C59H43BN2Si. The number of aromatic nitrogens is 1. The normalized spacial score (nSPS) is 12.1. The van der Waals surface area contributed by atoms with Crippen LogP contribution >= 0.6 is 0 Å². The van der Waals surface area contributed by atoms with Gasteiger partial charge < -0.3 is 4.81 Å². The first-order valence-corrected chi connectivity index (χ1v) is 23.7. The van der Waals surface area contributed by atoms with Crippen molar-refractivity contribution in [1.82, 2.24) is 4.98 Å². The highest BCUT2D eigenvalue weighted by molar-refractivity contribution is 7.19. The molecule has 1 aromatic heterocycles. The Morgan fingerprint density at radius 3 is 1.46 bits per heavy atom. The molecule has 0 aliphatic carbocycles. The van der Waals surface area contributed by atoms with Crippen molar-refractivity contribution in [3.05, 3.63) is 261 Å². The van der Waals surface area contributed by atoms with Crippen LogP contribution in [0, 0.1) is 0 Å². The van der Waals surface area contributed by atoms with E-state index in [2.05, 4.69) is 266 Å². The zero-order chi connectivity index (χ0) is 42.0. The predicted molar refractivity (Wildman–Crippen MR) is 270 cm³/mol. The van der Waals surface area contributed by atoms with E-state index in [1.165, 1.54) is 48.5 Å². The summed E-state index contributed by atoms with van der Waals surface area (Å²) in [6.45, 7) is -0.0160. The summed E-state index contributed by atoms with van der Waals surface area (Å²) in [7, 11) is -2.76. The van der Waals surface area contributed by atoms with E-state index in [0.29, 0.717) is 0 Å². The minimum absolute atomic E-state index is 0.0160. The molecule has 0 atom stereocenters. The highest BCUT2D eigenvalue weighted by Gasteiger charge is 2.41. The molecule has 0 bridgehead atoms. The molecule has 1 aliphatic rings. The number of hydrogen-bond donors (Lipinski definition) is 0. The van der Waals surface area contributed by atoms with Crippen LogP contribution in [0.3, 0.4) is 0 Å². The van der Waals surface area contributed by atoms with Crippen molar-refractivity contribution in [2.75, 3.05) is 4.81 Å². The third-order valence-corrected chi connectivity index (χ3v) is 17.4. The van der Waals surface area contributed by atoms with Gasteiger partial charge in [-0.15, -0.1) is 0 Å². The third kappa shape index (κ3) is 6.91. The smallest absolute Gasteiger partial charge is 0.328 e. The van der Waals surface area contributed by atoms with Gasteiger partial charge in [-0.1, -0.05) is 236 Å². The average Bonchev–Trinajstić information content (AvgIpc) is 3.38. The highest BCUT2D eigenvalue weighted by atomic mass is 28.3. The van der Waals surface area contributed by atoms with Crippen molar-refractivity contribution >= 4 is 58.0 Å². The van der Waals surface area contributed by atoms with Gasteiger partial charge in [-0.2, -0.15) is 0 Å². The van der Waals surface area contributed by atoms with Crippen molar-refractivity contribution in [3.63, 3.8) is 0 Å². The van der Waals surface area contributed by atoms with Crippen LogP contribution < -0.4 is 36.5 Å². The molecule has 0 spiro atoms. The van der Waals surface area contributed by atoms with E-state index in [1.807, 2.05) is 0 Å². The lowest BCUT2D eigenvalue weighted by atomic mass is 9.46. The van der Waals surface area contributed by atoms with Gasteiger partial charge in [0.15, 0.2) is 8.07 Å². The number of hydrogen-bond acceptors (Lipinski definition) is 2. The first-order valence-electron chi connectivity index (χ1n) is 21.7. The number of nitrogens with zero attached hydrogens (tertiary/aromatic N) is 2. The quantitative estimate of drug-likeness (QED) is 0.107. The minimum atomic E-state index is -2.76. The molecule has 0 N–H and O–H groups in total. The van der Waals surface area contributed by atoms with Gasteiger partial charge in [-0.05, 0) is 73.2 Å². The summed E-state index contributed by atoms with van der Waals surface area (Å²) >= 11 is 0. The van der Waals surface area contributed by atoms with E-state index >= 15 is 0 Å². The fourth-order valence-corrected chi connectivity index (χ4v) is 14.6. The molecule has 2 nitrogen and oxygen atoms in total. The number of pyridine rings is 1. The Morgan fingerprint density at radius 1 is 0.333 bits per heavy atom. The number of rotatable bonds is 9. The SMILES string of the molecule is c1ccc(B2c3ccccc3-c3ccccc3N2c2cccc(-c3cc(-c4cccc([Si](c5ccccc5)(c5ccccc5)c5ccccc5)c4)cc(-c4ccccc4)n3)c2)cc1. The van der Waals surface area contributed by atoms with Gasteiger partial charge in [-0.25, -0.2) is 4.98 Å². The predicted octanol–water partition coefficient (Wildman–Crippen LogP) is 10.4. The lowest BCUT2D eigenvalue weighted by molar-refractivity contribution is 1.31. The van der Waals surface area contributed by atoms with Crippen LogP contribution in [0.15, 0.2) is 261 Å². The van der Waals surface area contributed by atoms with E-state index in [4.69, 9.17) is 4.98 Å². The molecule has 4 heteroatoms. The lowest BCUT2D eigenvalue weighted by Crippen LogP contribution is -2.74. The summed E-state index contributed by atoms with van der Waals surface area (Å²) in [6, 6.07) is 95.4. The third-order valence-electron chi connectivity index (χ3n) is 12.6. The first-order chi connectivity index (χ1) is 31.3. The number of benzene rings is 9. The molecule has 0 fully saturated rings. The van der Waals surface area contributed by atoms with Gasteiger partial charge in [-0.3, -0.25) is 0 Å². The van der Waals surface area contributed by atoms with E-state index < -0.39 is 8.07 Å². The van der Waals surface area contributed by atoms with Crippen LogP contribution in [-0.4, -0.2) is 19.9 Å².